The second kappa shape index (κ2) is 10.8. The standard InChI is InChI=1S/C23H24ClFN4O5S/c1-3-33-23(32)17-16(11-29-7-8-34-12(2)19(29)22(30)31)27-20(21-26-6-9-35-21)28-18(17)14-5-4-13(25)10-15(14)24/h4-6,9-10,12,18-19H,3,7-8,11H2,1-2H3,(H,27,28)(H,30,31). The van der Waals surface area contributed by atoms with Crippen LogP contribution in [0, 0.1) is 5.82 Å². The van der Waals surface area contributed by atoms with Crippen molar-refractivity contribution >= 4 is 40.7 Å². The number of nitrogens with one attached hydrogen (secondary N) is 1. The van der Waals surface area contributed by atoms with Crippen LogP contribution in [0.15, 0.2) is 46.0 Å². The van der Waals surface area contributed by atoms with E-state index in [-0.39, 0.29) is 23.7 Å². The van der Waals surface area contributed by atoms with Crippen LogP contribution in [0.2, 0.25) is 5.02 Å². The Morgan fingerprint density at radius 3 is 2.89 bits per heavy atom. The molecule has 0 aliphatic carbocycles. The zero-order valence-corrected chi connectivity index (χ0v) is 20.6. The first kappa shape index (κ1) is 25.2. The average Bonchev–Trinajstić information content (AvgIpc) is 3.33. The largest absolute Gasteiger partial charge is 0.480 e. The first-order valence-electron chi connectivity index (χ1n) is 11.0. The van der Waals surface area contributed by atoms with E-state index in [4.69, 9.17) is 26.1 Å². The molecule has 1 aromatic heterocycles. The van der Waals surface area contributed by atoms with Gasteiger partial charge in [-0.2, -0.15) is 0 Å². The van der Waals surface area contributed by atoms with Crippen molar-refractivity contribution in [3.8, 4) is 0 Å². The molecule has 4 rings (SSSR count). The number of carbonyl (C=O) groups is 2. The van der Waals surface area contributed by atoms with Crippen molar-refractivity contribution in [2.75, 3.05) is 26.3 Å². The number of hydrogen-bond donors (Lipinski definition) is 2. The van der Waals surface area contributed by atoms with Crippen LogP contribution < -0.4 is 5.32 Å². The Hall–Kier alpha value is -2.86. The monoisotopic (exact) mass is 522 g/mol. The summed E-state index contributed by atoms with van der Waals surface area (Å²) in [5, 5.41) is 15.5. The highest BCUT2D eigenvalue weighted by molar-refractivity contribution is 7.11. The van der Waals surface area contributed by atoms with Crippen molar-refractivity contribution in [1.29, 1.82) is 0 Å². The molecule has 3 atom stereocenters. The number of carbonyl (C=O) groups excluding carboxylic acids is 1. The van der Waals surface area contributed by atoms with Gasteiger partial charge in [0.2, 0.25) is 0 Å². The summed E-state index contributed by atoms with van der Waals surface area (Å²) >= 11 is 7.73. The highest BCUT2D eigenvalue weighted by Crippen LogP contribution is 2.37. The number of amidine groups is 1. The zero-order valence-electron chi connectivity index (χ0n) is 19.0. The van der Waals surface area contributed by atoms with Gasteiger partial charge < -0.3 is 19.9 Å². The highest BCUT2D eigenvalue weighted by Gasteiger charge is 2.39. The quantitative estimate of drug-likeness (QED) is 0.533. The van der Waals surface area contributed by atoms with Crippen LogP contribution in [0.25, 0.3) is 0 Å². The van der Waals surface area contributed by atoms with Gasteiger partial charge in [0.05, 0.1) is 24.9 Å². The zero-order chi connectivity index (χ0) is 25.1. The second-order valence-corrected chi connectivity index (χ2v) is 9.25. The number of thiazole rings is 1. The van der Waals surface area contributed by atoms with Crippen LogP contribution in [-0.4, -0.2) is 71.2 Å². The summed E-state index contributed by atoms with van der Waals surface area (Å²) in [5.41, 5.74) is 0.993. The number of esters is 1. The summed E-state index contributed by atoms with van der Waals surface area (Å²) in [6, 6.07) is 2.04. The number of halogens is 2. The van der Waals surface area contributed by atoms with Gasteiger partial charge in [0.25, 0.3) is 0 Å². The third kappa shape index (κ3) is 5.37. The number of nitrogens with zero attached hydrogens (tertiary/aromatic N) is 3. The van der Waals surface area contributed by atoms with E-state index >= 15 is 0 Å². The number of hydrogen-bond acceptors (Lipinski definition) is 9. The second-order valence-electron chi connectivity index (χ2n) is 7.95. The van der Waals surface area contributed by atoms with E-state index < -0.39 is 35.9 Å². The van der Waals surface area contributed by atoms with Gasteiger partial charge >= 0.3 is 11.9 Å². The van der Waals surface area contributed by atoms with E-state index in [2.05, 4.69) is 10.3 Å². The van der Waals surface area contributed by atoms with Gasteiger partial charge in [-0.05, 0) is 26.0 Å². The van der Waals surface area contributed by atoms with Crippen molar-refractivity contribution in [3.63, 3.8) is 0 Å². The number of aliphatic imine (C=N–C) groups is 1. The molecule has 2 aromatic rings. The number of aromatic nitrogens is 1. The number of benzene rings is 1. The van der Waals surface area contributed by atoms with E-state index in [0.29, 0.717) is 35.3 Å². The smallest absolute Gasteiger partial charge is 0.338 e. The van der Waals surface area contributed by atoms with Gasteiger partial charge in [-0.3, -0.25) is 14.7 Å². The molecular weight excluding hydrogens is 499 g/mol. The van der Waals surface area contributed by atoms with Gasteiger partial charge in [0, 0.05) is 40.9 Å². The summed E-state index contributed by atoms with van der Waals surface area (Å²) in [4.78, 5) is 36.0. The Bertz CT molecular complexity index is 1170. The van der Waals surface area contributed by atoms with E-state index in [1.54, 1.807) is 30.3 Å². The fourth-order valence-corrected chi connectivity index (χ4v) is 5.05. The maximum atomic E-state index is 13.8. The molecular formula is C23H24ClFN4O5S. The summed E-state index contributed by atoms with van der Waals surface area (Å²) < 4.78 is 24.7. The van der Waals surface area contributed by atoms with Crippen molar-refractivity contribution in [1.82, 2.24) is 15.2 Å². The first-order chi connectivity index (χ1) is 16.8. The van der Waals surface area contributed by atoms with Crippen molar-refractivity contribution in [2.45, 2.75) is 32.0 Å². The highest BCUT2D eigenvalue weighted by atomic mass is 35.5. The molecule has 2 aliphatic heterocycles. The summed E-state index contributed by atoms with van der Waals surface area (Å²) in [7, 11) is 0. The van der Waals surface area contributed by atoms with Crippen LogP contribution in [0.5, 0.6) is 0 Å². The van der Waals surface area contributed by atoms with Gasteiger partial charge in [0.1, 0.15) is 17.9 Å². The lowest BCUT2D eigenvalue weighted by molar-refractivity contribution is -0.155. The first-order valence-corrected chi connectivity index (χ1v) is 12.2. The third-order valence-electron chi connectivity index (χ3n) is 5.72. The van der Waals surface area contributed by atoms with Crippen molar-refractivity contribution in [3.05, 3.63) is 62.5 Å². The molecule has 0 radical (unpaired) electrons. The van der Waals surface area contributed by atoms with E-state index in [0.717, 1.165) is 6.07 Å². The molecule has 0 amide bonds. The van der Waals surface area contributed by atoms with Crippen molar-refractivity contribution < 1.29 is 28.6 Å². The minimum Gasteiger partial charge on any atom is -0.480 e. The van der Waals surface area contributed by atoms with Crippen LogP contribution in [-0.2, 0) is 19.1 Å². The predicted molar refractivity (Wildman–Crippen MR) is 128 cm³/mol. The predicted octanol–water partition coefficient (Wildman–Crippen LogP) is 3.02. The molecule has 35 heavy (non-hydrogen) atoms. The van der Waals surface area contributed by atoms with Crippen LogP contribution in [0.3, 0.4) is 0 Å². The maximum absolute atomic E-state index is 13.8. The van der Waals surface area contributed by atoms with Crippen LogP contribution >= 0.6 is 22.9 Å². The molecule has 186 valence electrons. The molecule has 0 bridgehead atoms. The average molecular weight is 523 g/mol. The fourth-order valence-electron chi connectivity index (χ4n) is 4.19. The van der Waals surface area contributed by atoms with Gasteiger partial charge in [0.15, 0.2) is 10.8 Å². The molecule has 1 saturated heterocycles. The number of ether oxygens (including phenoxy) is 2. The maximum Gasteiger partial charge on any atom is 0.338 e. The molecule has 12 heteroatoms. The summed E-state index contributed by atoms with van der Waals surface area (Å²) in [6.45, 7) is 4.27. The minimum absolute atomic E-state index is 0.0819. The van der Waals surface area contributed by atoms with Gasteiger partial charge in [-0.15, -0.1) is 11.3 Å². The Morgan fingerprint density at radius 1 is 1.43 bits per heavy atom. The Kier molecular flexibility index (Phi) is 7.80. The summed E-state index contributed by atoms with van der Waals surface area (Å²) in [6.07, 6.45) is 1.07. The SMILES string of the molecule is CCOC(=O)C1=C(CN2CCOC(C)C2C(=O)O)NC(c2nccs2)=NC1c1ccc(F)cc1Cl. The minimum atomic E-state index is -1.03. The molecule has 9 nitrogen and oxygen atoms in total. The molecule has 1 fully saturated rings. The number of carboxylic acids is 1. The molecule has 3 unspecified atom stereocenters. The third-order valence-corrected chi connectivity index (χ3v) is 6.83. The molecule has 3 heterocycles. The number of morpholine rings is 1. The molecule has 2 N–H and O–H groups in total. The molecule has 2 aliphatic rings. The van der Waals surface area contributed by atoms with Gasteiger partial charge in [-0.1, -0.05) is 17.7 Å². The lowest BCUT2D eigenvalue weighted by Gasteiger charge is -2.38. The van der Waals surface area contributed by atoms with E-state index in [1.807, 2.05) is 0 Å². The van der Waals surface area contributed by atoms with E-state index in [1.165, 1.54) is 23.5 Å². The molecule has 0 spiro atoms. The summed E-state index contributed by atoms with van der Waals surface area (Å²) in [5.74, 6) is -1.79. The fraction of sp³-hybridized carbons (Fsp3) is 0.391. The molecule has 1 aromatic carbocycles. The lowest BCUT2D eigenvalue weighted by atomic mass is 9.94. The Labute approximate surface area is 210 Å². The normalized spacial score (nSPS) is 23.0. The number of rotatable bonds is 7. The van der Waals surface area contributed by atoms with E-state index in [9.17, 15) is 19.1 Å². The topological polar surface area (TPSA) is 113 Å². The number of aliphatic carboxylic acids is 1. The number of carboxylic acid groups (broad SMARTS) is 1. The molecule has 0 saturated carbocycles. The Balaban J connectivity index is 1.84. The van der Waals surface area contributed by atoms with Gasteiger partial charge in [-0.25, -0.2) is 14.2 Å². The van der Waals surface area contributed by atoms with Crippen molar-refractivity contribution in [2.24, 2.45) is 4.99 Å². The lowest BCUT2D eigenvalue weighted by Crippen LogP contribution is -2.56. The Morgan fingerprint density at radius 2 is 2.23 bits per heavy atom. The van der Waals surface area contributed by atoms with Crippen LogP contribution in [0.1, 0.15) is 30.5 Å². The van der Waals surface area contributed by atoms with Crippen LogP contribution in [0.4, 0.5) is 4.39 Å².